The van der Waals surface area contributed by atoms with E-state index in [0.717, 1.165) is 11.3 Å². The Kier molecular flexibility index (Phi) is 5.49. The predicted molar refractivity (Wildman–Crippen MR) is 109 cm³/mol. The van der Waals surface area contributed by atoms with Gasteiger partial charge in [0, 0.05) is 25.8 Å². The standard InChI is InChI=1S/C20H23N5O5/c1-11-17(12(2)30-24-11)14-3-4-15-19(23-14)25(13-6-9-29-10-7-13)20(28)18(22-15)21-8-5-16(26)27/h3-4,13H,5-10H2,1-2H3,(H,21,22)(H,26,27). The number of aliphatic carboxylic acids is 1. The van der Waals surface area contributed by atoms with Crippen molar-refractivity contribution in [3.63, 3.8) is 0 Å². The molecule has 30 heavy (non-hydrogen) atoms. The van der Waals surface area contributed by atoms with Crippen LogP contribution in [0.15, 0.2) is 21.5 Å². The molecule has 3 aromatic rings. The molecule has 0 aliphatic carbocycles. The first-order valence-electron chi connectivity index (χ1n) is 9.85. The molecule has 10 heteroatoms. The molecule has 158 valence electrons. The van der Waals surface area contributed by atoms with Crippen molar-refractivity contribution in [1.82, 2.24) is 19.7 Å². The highest BCUT2D eigenvalue weighted by Gasteiger charge is 2.23. The summed E-state index contributed by atoms with van der Waals surface area (Å²) >= 11 is 0. The molecule has 0 bridgehead atoms. The summed E-state index contributed by atoms with van der Waals surface area (Å²) in [5.74, 6) is -0.167. The van der Waals surface area contributed by atoms with Crippen LogP contribution >= 0.6 is 0 Å². The van der Waals surface area contributed by atoms with Crippen LogP contribution in [0.25, 0.3) is 22.4 Å². The molecule has 3 aromatic heterocycles. The Morgan fingerprint density at radius 3 is 2.70 bits per heavy atom. The molecule has 4 rings (SSSR count). The van der Waals surface area contributed by atoms with Gasteiger partial charge in [0.1, 0.15) is 11.3 Å². The number of ether oxygens (including phenoxy) is 1. The van der Waals surface area contributed by atoms with Gasteiger partial charge in [-0.1, -0.05) is 5.16 Å². The van der Waals surface area contributed by atoms with Gasteiger partial charge in [0.25, 0.3) is 5.56 Å². The third kappa shape index (κ3) is 3.78. The number of pyridine rings is 1. The van der Waals surface area contributed by atoms with Gasteiger partial charge in [0.05, 0.1) is 23.4 Å². The minimum absolute atomic E-state index is 0.0795. The average molecular weight is 413 g/mol. The number of nitrogens with one attached hydrogen (secondary N) is 1. The highest BCUT2D eigenvalue weighted by atomic mass is 16.5. The Morgan fingerprint density at radius 2 is 2.03 bits per heavy atom. The van der Waals surface area contributed by atoms with E-state index in [1.54, 1.807) is 10.6 Å². The number of aryl methyl sites for hydroxylation is 2. The van der Waals surface area contributed by atoms with Gasteiger partial charge in [0.2, 0.25) is 0 Å². The van der Waals surface area contributed by atoms with Crippen LogP contribution in [-0.4, -0.2) is 50.5 Å². The molecule has 0 atom stereocenters. The van der Waals surface area contributed by atoms with Crippen LogP contribution < -0.4 is 10.9 Å². The number of hydrogen-bond donors (Lipinski definition) is 2. The summed E-state index contributed by atoms with van der Waals surface area (Å²) in [4.78, 5) is 33.3. The lowest BCUT2D eigenvalue weighted by Crippen LogP contribution is -2.32. The van der Waals surface area contributed by atoms with E-state index >= 15 is 0 Å². The van der Waals surface area contributed by atoms with E-state index in [4.69, 9.17) is 19.4 Å². The van der Waals surface area contributed by atoms with Crippen molar-refractivity contribution in [2.75, 3.05) is 25.1 Å². The highest BCUT2D eigenvalue weighted by molar-refractivity contribution is 5.77. The Morgan fingerprint density at radius 1 is 1.27 bits per heavy atom. The van der Waals surface area contributed by atoms with Gasteiger partial charge < -0.3 is 19.7 Å². The molecule has 2 N–H and O–H groups in total. The van der Waals surface area contributed by atoms with Crippen LogP contribution in [0, 0.1) is 13.8 Å². The Bertz CT molecular complexity index is 1130. The smallest absolute Gasteiger partial charge is 0.305 e. The van der Waals surface area contributed by atoms with E-state index in [0.29, 0.717) is 48.7 Å². The van der Waals surface area contributed by atoms with Gasteiger partial charge >= 0.3 is 5.97 Å². The van der Waals surface area contributed by atoms with Gasteiger partial charge in [-0.25, -0.2) is 9.97 Å². The number of rotatable bonds is 6. The van der Waals surface area contributed by atoms with Gasteiger partial charge in [-0.15, -0.1) is 0 Å². The number of fused-ring (bicyclic) bond motifs is 1. The molecule has 0 aromatic carbocycles. The molecule has 0 spiro atoms. The second kappa shape index (κ2) is 8.23. The number of hydrogen-bond acceptors (Lipinski definition) is 8. The number of carbonyl (C=O) groups is 1. The van der Waals surface area contributed by atoms with Crippen LogP contribution in [0.3, 0.4) is 0 Å². The fourth-order valence-corrected chi connectivity index (χ4v) is 3.76. The van der Waals surface area contributed by atoms with Crippen LogP contribution in [0.1, 0.15) is 36.8 Å². The zero-order valence-corrected chi connectivity index (χ0v) is 16.8. The lowest BCUT2D eigenvalue weighted by atomic mass is 10.1. The van der Waals surface area contributed by atoms with Crippen LogP contribution in [0.4, 0.5) is 5.82 Å². The molecule has 0 unspecified atom stereocenters. The maximum atomic E-state index is 13.3. The lowest BCUT2D eigenvalue weighted by molar-refractivity contribution is -0.136. The maximum absolute atomic E-state index is 13.3. The minimum atomic E-state index is -0.946. The second-order valence-corrected chi connectivity index (χ2v) is 7.29. The van der Waals surface area contributed by atoms with Crippen molar-refractivity contribution in [2.45, 2.75) is 39.2 Å². The number of anilines is 1. The summed E-state index contributed by atoms with van der Waals surface area (Å²) < 4.78 is 12.4. The Balaban J connectivity index is 1.86. The largest absolute Gasteiger partial charge is 0.481 e. The number of nitrogens with zero attached hydrogens (tertiary/aromatic N) is 4. The highest BCUT2D eigenvalue weighted by Crippen LogP contribution is 2.28. The molecule has 1 aliphatic heterocycles. The molecular weight excluding hydrogens is 390 g/mol. The SMILES string of the molecule is Cc1noc(C)c1-c1ccc2nc(NCCC(=O)O)c(=O)n(C3CCOCC3)c2n1. The zero-order valence-electron chi connectivity index (χ0n) is 16.8. The summed E-state index contributed by atoms with van der Waals surface area (Å²) in [5.41, 5.74) is 2.89. The Hall–Kier alpha value is -3.27. The first kappa shape index (κ1) is 20.0. The predicted octanol–water partition coefficient (Wildman–Crippen LogP) is 2.30. The van der Waals surface area contributed by atoms with E-state index in [1.165, 1.54) is 0 Å². The third-order valence-corrected chi connectivity index (χ3v) is 5.21. The molecular formula is C20H23N5O5. The number of carboxylic acid groups (broad SMARTS) is 1. The summed E-state index contributed by atoms with van der Waals surface area (Å²) in [6.45, 7) is 4.90. The number of carboxylic acids is 1. The summed E-state index contributed by atoms with van der Waals surface area (Å²) in [6.07, 6.45) is 1.26. The summed E-state index contributed by atoms with van der Waals surface area (Å²) in [7, 11) is 0. The summed E-state index contributed by atoms with van der Waals surface area (Å²) in [5, 5.41) is 15.7. The van der Waals surface area contributed by atoms with Crippen molar-refractivity contribution in [1.29, 1.82) is 0 Å². The first-order valence-corrected chi connectivity index (χ1v) is 9.85. The molecule has 0 saturated carbocycles. The van der Waals surface area contributed by atoms with E-state index < -0.39 is 5.97 Å². The van der Waals surface area contributed by atoms with Crippen molar-refractivity contribution in [3.8, 4) is 11.3 Å². The van der Waals surface area contributed by atoms with Crippen molar-refractivity contribution >= 4 is 23.0 Å². The number of aromatic nitrogens is 4. The van der Waals surface area contributed by atoms with E-state index in [-0.39, 0.29) is 30.4 Å². The Labute approximate surface area is 171 Å². The van der Waals surface area contributed by atoms with Gasteiger partial charge in [-0.3, -0.25) is 14.2 Å². The molecule has 1 aliphatic rings. The molecule has 4 heterocycles. The molecule has 1 fully saturated rings. The first-order chi connectivity index (χ1) is 14.5. The molecule has 10 nitrogen and oxygen atoms in total. The van der Waals surface area contributed by atoms with Crippen molar-refractivity contribution in [3.05, 3.63) is 33.9 Å². The summed E-state index contributed by atoms with van der Waals surface area (Å²) in [6, 6.07) is 3.55. The third-order valence-electron chi connectivity index (χ3n) is 5.21. The quantitative estimate of drug-likeness (QED) is 0.624. The fourth-order valence-electron chi connectivity index (χ4n) is 3.76. The van der Waals surface area contributed by atoms with Gasteiger partial charge in [-0.2, -0.15) is 0 Å². The van der Waals surface area contributed by atoms with E-state index in [9.17, 15) is 9.59 Å². The monoisotopic (exact) mass is 413 g/mol. The normalized spacial score (nSPS) is 14.9. The zero-order chi connectivity index (χ0) is 21.3. The van der Waals surface area contributed by atoms with Gasteiger partial charge in [-0.05, 0) is 38.8 Å². The topological polar surface area (TPSA) is 132 Å². The molecule has 0 radical (unpaired) electrons. The van der Waals surface area contributed by atoms with E-state index in [2.05, 4.69) is 15.5 Å². The molecule has 1 saturated heterocycles. The van der Waals surface area contributed by atoms with Crippen molar-refractivity contribution in [2.24, 2.45) is 0 Å². The fraction of sp³-hybridized carbons (Fsp3) is 0.450. The maximum Gasteiger partial charge on any atom is 0.305 e. The van der Waals surface area contributed by atoms with Crippen molar-refractivity contribution < 1.29 is 19.2 Å². The molecule has 0 amide bonds. The van der Waals surface area contributed by atoms with Crippen LogP contribution in [-0.2, 0) is 9.53 Å². The van der Waals surface area contributed by atoms with Crippen LogP contribution in [0.2, 0.25) is 0 Å². The lowest BCUT2D eigenvalue weighted by Gasteiger charge is -2.25. The van der Waals surface area contributed by atoms with E-state index in [1.807, 2.05) is 19.9 Å². The van der Waals surface area contributed by atoms with Gasteiger partial charge in [0.15, 0.2) is 11.5 Å². The minimum Gasteiger partial charge on any atom is -0.481 e. The van der Waals surface area contributed by atoms with Crippen LogP contribution in [0.5, 0.6) is 0 Å². The second-order valence-electron chi connectivity index (χ2n) is 7.29. The average Bonchev–Trinajstić information content (AvgIpc) is 3.06.